The minimum absolute atomic E-state index is 0.0313. The predicted octanol–water partition coefficient (Wildman–Crippen LogP) is 9.49. The van der Waals surface area contributed by atoms with Gasteiger partial charge in [0.1, 0.15) is 11.4 Å². The number of halogens is 10. The number of hydrogen-bond acceptors (Lipinski definition) is 1. The van der Waals surface area contributed by atoms with E-state index < -0.39 is 28.9 Å². The van der Waals surface area contributed by atoms with E-state index in [1.165, 1.54) is 24.3 Å². The van der Waals surface area contributed by atoms with Crippen LogP contribution in [0.25, 0.3) is 22.4 Å². The van der Waals surface area contributed by atoms with Gasteiger partial charge in [0.15, 0.2) is 5.82 Å². The normalized spacial score (nSPS) is 11.8. The van der Waals surface area contributed by atoms with E-state index >= 15 is 4.39 Å². The Labute approximate surface area is 192 Å². The minimum Gasteiger partial charge on any atom is -0.240 e. The van der Waals surface area contributed by atoms with Crippen LogP contribution in [0.4, 0.5) is 17.6 Å². The summed E-state index contributed by atoms with van der Waals surface area (Å²) in [5.41, 5.74) is -3.30. The lowest BCUT2D eigenvalue weighted by Gasteiger charge is -2.17. The summed E-state index contributed by atoms with van der Waals surface area (Å²) >= 11 is 36.2. The van der Waals surface area contributed by atoms with Crippen LogP contribution in [-0.2, 0) is 6.18 Å². The zero-order chi connectivity index (χ0) is 21.7. The molecule has 0 bridgehead atoms. The van der Waals surface area contributed by atoms with Gasteiger partial charge in [-0.05, 0) is 30.3 Å². The zero-order valence-corrected chi connectivity index (χ0v) is 18.1. The monoisotopic (exact) mass is 521 g/mol. The van der Waals surface area contributed by atoms with Crippen LogP contribution in [0, 0.1) is 5.82 Å². The molecule has 0 unspecified atom stereocenters. The van der Waals surface area contributed by atoms with Crippen LogP contribution in [-0.4, -0.2) is 4.98 Å². The molecule has 1 heterocycles. The Bertz CT molecular complexity index is 1050. The maximum Gasteiger partial charge on any atom is 0.433 e. The largest absolute Gasteiger partial charge is 0.433 e. The lowest BCUT2D eigenvalue weighted by atomic mass is 10.0. The van der Waals surface area contributed by atoms with Crippen molar-refractivity contribution in [3.63, 3.8) is 0 Å². The molecule has 0 aliphatic rings. The Morgan fingerprint density at radius 2 is 1.14 bits per heavy atom. The van der Waals surface area contributed by atoms with Crippen molar-refractivity contribution in [2.45, 2.75) is 6.18 Å². The van der Waals surface area contributed by atoms with E-state index in [4.69, 9.17) is 69.6 Å². The van der Waals surface area contributed by atoms with Crippen molar-refractivity contribution in [1.29, 1.82) is 0 Å². The van der Waals surface area contributed by atoms with Crippen LogP contribution >= 0.6 is 69.6 Å². The van der Waals surface area contributed by atoms with Crippen LogP contribution in [0.2, 0.25) is 30.1 Å². The first kappa shape index (κ1) is 22.7. The number of pyridine rings is 1. The van der Waals surface area contributed by atoms with Crippen molar-refractivity contribution in [1.82, 2.24) is 4.98 Å². The van der Waals surface area contributed by atoms with Crippen LogP contribution in [0.3, 0.4) is 0 Å². The molecular formula is C18H5Cl6F4N. The molecule has 2 aromatic carbocycles. The molecule has 3 rings (SSSR count). The highest BCUT2D eigenvalue weighted by Crippen LogP contribution is 2.46. The number of aromatic nitrogens is 1. The molecule has 29 heavy (non-hydrogen) atoms. The molecule has 0 saturated carbocycles. The number of hydrogen-bond donors (Lipinski definition) is 0. The Kier molecular flexibility index (Phi) is 6.50. The van der Waals surface area contributed by atoms with E-state index in [9.17, 15) is 13.2 Å². The molecule has 0 spiro atoms. The van der Waals surface area contributed by atoms with Gasteiger partial charge in [-0.15, -0.1) is 0 Å². The van der Waals surface area contributed by atoms with Gasteiger partial charge in [0.2, 0.25) is 0 Å². The second kappa shape index (κ2) is 8.29. The van der Waals surface area contributed by atoms with Crippen LogP contribution < -0.4 is 0 Å². The molecule has 1 nitrogen and oxygen atoms in total. The van der Waals surface area contributed by atoms with Crippen molar-refractivity contribution < 1.29 is 17.6 Å². The van der Waals surface area contributed by atoms with E-state index in [0.717, 1.165) is 0 Å². The summed E-state index contributed by atoms with van der Waals surface area (Å²) in [6.45, 7) is 0. The highest BCUT2D eigenvalue weighted by Gasteiger charge is 2.36. The lowest BCUT2D eigenvalue weighted by Crippen LogP contribution is -2.11. The molecule has 0 amide bonds. The summed E-state index contributed by atoms with van der Waals surface area (Å²) in [6, 6.07) is 5.65. The van der Waals surface area contributed by atoms with Gasteiger partial charge in [-0.25, -0.2) is 9.37 Å². The average molecular weight is 524 g/mol. The number of alkyl halides is 3. The van der Waals surface area contributed by atoms with E-state index in [2.05, 4.69) is 4.98 Å². The first-order chi connectivity index (χ1) is 13.4. The zero-order valence-electron chi connectivity index (χ0n) is 13.6. The van der Waals surface area contributed by atoms with Gasteiger partial charge in [0.25, 0.3) is 0 Å². The molecule has 0 N–H and O–H groups in total. The summed E-state index contributed by atoms with van der Waals surface area (Å²) in [5, 5.41) is -0.849. The SMILES string of the molecule is Fc1c(-c2c(Cl)ccc(Cl)c2Cl)cc(C(F)(F)F)nc1-c1c(Cl)ccc(Cl)c1Cl. The second-order valence-electron chi connectivity index (χ2n) is 5.65. The van der Waals surface area contributed by atoms with E-state index in [0.29, 0.717) is 6.07 Å². The highest BCUT2D eigenvalue weighted by atomic mass is 35.5. The van der Waals surface area contributed by atoms with Crippen LogP contribution in [0.15, 0.2) is 30.3 Å². The summed E-state index contributed by atoms with van der Waals surface area (Å²) in [6.07, 6.45) is -4.92. The number of rotatable bonds is 2. The highest BCUT2D eigenvalue weighted by molar-refractivity contribution is 6.47. The molecule has 152 valence electrons. The Morgan fingerprint density at radius 1 is 0.690 bits per heavy atom. The van der Waals surface area contributed by atoms with E-state index in [-0.39, 0.29) is 41.3 Å². The molecule has 11 heteroatoms. The molecule has 0 saturated heterocycles. The molecule has 0 atom stereocenters. The maximum absolute atomic E-state index is 15.4. The van der Waals surface area contributed by atoms with Crippen LogP contribution in [0.1, 0.15) is 5.69 Å². The van der Waals surface area contributed by atoms with Gasteiger partial charge in [-0.1, -0.05) is 69.6 Å². The molecular weight excluding hydrogens is 519 g/mol. The van der Waals surface area contributed by atoms with Gasteiger partial charge in [0.05, 0.1) is 30.1 Å². The molecule has 0 aliphatic heterocycles. The predicted molar refractivity (Wildman–Crippen MR) is 110 cm³/mol. The first-order valence-electron chi connectivity index (χ1n) is 7.49. The fourth-order valence-electron chi connectivity index (χ4n) is 2.54. The minimum atomic E-state index is -4.92. The van der Waals surface area contributed by atoms with Crippen molar-refractivity contribution in [3.8, 4) is 22.4 Å². The lowest BCUT2D eigenvalue weighted by molar-refractivity contribution is -0.141. The average Bonchev–Trinajstić information content (AvgIpc) is 2.63. The topological polar surface area (TPSA) is 12.9 Å². The Morgan fingerprint density at radius 3 is 1.66 bits per heavy atom. The third-order valence-corrected chi connectivity index (χ3v) is 6.08. The van der Waals surface area contributed by atoms with Crippen molar-refractivity contribution >= 4 is 69.6 Å². The van der Waals surface area contributed by atoms with Gasteiger partial charge in [0, 0.05) is 16.7 Å². The Balaban J connectivity index is 2.47. The van der Waals surface area contributed by atoms with Gasteiger partial charge < -0.3 is 0 Å². The van der Waals surface area contributed by atoms with Crippen molar-refractivity contribution in [3.05, 3.63) is 72.0 Å². The smallest absolute Gasteiger partial charge is 0.240 e. The fourth-order valence-corrected chi connectivity index (χ4v) is 3.98. The summed E-state index contributed by atoms with van der Waals surface area (Å²) in [7, 11) is 0. The Hall–Kier alpha value is -0.950. The fraction of sp³-hybridized carbons (Fsp3) is 0.0556. The second-order valence-corrected chi connectivity index (χ2v) is 8.04. The van der Waals surface area contributed by atoms with E-state index in [1.807, 2.05) is 0 Å². The summed E-state index contributed by atoms with van der Waals surface area (Å²) in [5.74, 6) is -1.19. The van der Waals surface area contributed by atoms with Gasteiger partial charge >= 0.3 is 6.18 Å². The summed E-state index contributed by atoms with van der Waals surface area (Å²) < 4.78 is 56.0. The molecule has 1 aromatic heterocycles. The molecule has 3 aromatic rings. The third kappa shape index (κ3) is 4.27. The standard InChI is InChI=1S/C18H5Cl6F4N/c19-7-1-3-9(21)14(23)12(7)6-5-11(18(26,27)28)29-17(16(6)25)13-8(20)2-4-10(22)15(13)24/h1-5H. The quantitative estimate of drug-likeness (QED) is 0.241. The number of benzene rings is 2. The first-order valence-corrected chi connectivity index (χ1v) is 9.75. The van der Waals surface area contributed by atoms with Crippen molar-refractivity contribution in [2.24, 2.45) is 0 Å². The molecule has 0 radical (unpaired) electrons. The molecule has 0 fully saturated rings. The van der Waals surface area contributed by atoms with E-state index in [1.54, 1.807) is 0 Å². The van der Waals surface area contributed by atoms with Gasteiger partial charge in [-0.3, -0.25) is 0 Å². The summed E-state index contributed by atoms with van der Waals surface area (Å²) in [4.78, 5) is 3.40. The van der Waals surface area contributed by atoms with Gasteiger partial charge in [-0.2, -0.15) is 13.2 Å². The van der Waals surface area contributed by atoms with Crippen molar-refractivity contribution in [2.75, 3.05) is 0 Å². The number of nitrogens with zero attached hydrogens (tertiary/aromatic N) is 1. The molecule has 0 aliphatic carbocycles. The maximum atomic E-state index is 15.4. The van der Waals surface area contributed by atoms with Crippen LogP contribution in [0.5, 0.6) is 0 Å². The third-order valence-electron chi connectivity index (χ3n) is 3.84.